The molecule has 2 aliphatic carbocycles. The summed E-state index contributed by atoms with van der Waals surface area (Å²) in [7, 11) is 0. The Labute approximate surface area is 451 Å². The maximum Gasteiger partial charge on any atom is 0.247 e. The lowest BCUT2D eigenvalue weighted by molar-refractivity contribution is -0.136. The number of phenols is 1. The third-order valence-electron chi connectivity index (χ3n) is 13.8. The largest absolute Gasteiger partial charge is 0.502 e. The lowest BCUT2D eigenvalue weighted by atomic mass is 9.92. The Kier molecular flexibility index (Phi) is 16.5. The number of nitrogens with one attached hydrogen (secondary N) is 5. The van der Waals surface area contributed by atoms with Crippen molar-refractivity contribution in [3.05, 3.63) is 139 Å². The molecule has 4 aromatic carbocycles. The van der Waals surface area contributed by atoms with Crippen LogP contribution in [0.2, 0.25) is 5.02 Å². The van der Waals surface area contributed by atoms with Crippen molar-refractivity contribution in [3.63, 3.8) is 0 Å². The van der Waals surface area contributed by atoms with E-state index in [0.29, 0.717) is 17.6 Å². The molecule has 0 radical (unpaired) electrons. The van der Waals surface area contributed by atoms with Crippen molar-refractivity contribution in [2.45, 2.75) is 115 Å². The fraction of sp³-hybridized carbons (Fsp3) is 0.345. The van der Waals surface area contributed by atoms with Gasteiger partial charge < -0.3 is 72.4 Å². The molecule has 0 saturated heterocycles. The molecule has 0 fully saturated rings. The standard InChI is InChI=1S/C55H58Cl2N6O14/c1-24(2)8-16-41(65)62-47-48(67)30-18-25(3)50(35(56)20-30)77-39-22-29-21-38(49(39)68)76-37-14-10-28(26(4)44(37)57)11-17-42(66)61-46(54(72)73)31-6-5-7-34-43(31)32-19-27(9-12-33(32)55(34,74)75)23-59-52(70)45(29)63-51(69)36(60-53(47)71)13-15-40(58)64/h5-7,9-10,12,18-22,24,36,45-48,54,67-68,72-75H,4,8,11,13-17,23H2,1-3H3,(H2,58,64)(H,59,70)(H,60,71)(H,61,66)(H,62,65)(H,63,69). The molecule has 0 aromatic heterocycles. The number of hydrogen-bond acceptors (Lipinski definition) is 14. The number of allylic oxidation sites excluding steroid dienone is 4. The number of aromatic hydroxyl groups is 1. The number of fused-ring (bicyclic) bond motifs is 16. The number of amides is 6. The predicted octanol–water partition coefficient (Wildman–Crippen LogP) is 4.48. The normalized spacial score (nSPS) is 21.5. The molecule has 0 saturated carbocycles. The van der Waals surface area contributed by atoms with Crippen LogP contribution in [0.5, 0.6) is 23.0 Å². The highest BCUT2D eigenvalue weighted by Gasteiger charge is 2.43. The lowest BCUT2D eigenvalue weighted by Gasteiger charge is -2.29. The Balaban J connectivity index is 1.29. The van der Waals surface area contributed by atoms with Gasteiger partial charge in [0.05, 0.1) is 10.1 Å². The number of benzene rings is 4. The van der Waals surface area contributed by atoms with Crippen LogP contribution in [0.15, 0.2) is 95.3 Å². The Morgan fingerprint density at radius 2 is 1.62 bits per heavy atom. The zero-order valence-corrected chi connectivity index (χ0v) is 43.6. The Bertz CT molecular complexity index is 3150. The first kappa shape index (κ1) is 55.9. The number of aliphatic hydroxyl groups excluding tert-OH is 2. The monoisotopic (exact) mass is 1100 g/mol. The molecule has 0 spiro atoms. The molecule has 9 bridgehead atoms. The number of aliphatic hydroxyl groups is 5. The van der Waals surface area contributed by atoms with Gasteiger partial charge in [0.15, 0.2) is 17.8 Å². The summed E-state index contributed by atoms with van der Waals surface area (Å²) in [6.07, 6.45) is -2.90. The molecule has 20 nitrogen and oxygen atoms in total. The second kappa shape index (κ2) is 22.7. The second-order valence-corrected chi connectivity index (χ2v) is 20.6. The number of carbonyl (C=O) groups is 6. The Morgan fingerprint density at radius 3 is 2.31 bits per heavy atom. The van der Waals surface area contributed by atoms with Crippen molar-refractivity contribution in [2.24, 2.45) is 11.7 Å². The highest BCUT2D eigenvalue weighted by atomic mass is 35.5. The van der Waals surface area contributed by atoms with Crippen LogP contribution in [0.3, 0.4) is 0 Å². The van der Waals surface area contributed by atoms with Crippen LogP contribution in [0, 0.1) is 12.8 Å². The van der Waals surface area contributed by atoms with Gasteiger partial charge in [-0.05, 0) is 113 Å². The number of aryl methyl sites for hydroxylation is 1. The number of halogens is 2. The molecule has 77 heavy (non-hydrogen) atoms. The number of hydrogen-bond donors (Lipinski definition) is 12. The van der Waals surface area contributed by atoms with Crippen molar-refractivity contribution in [3.8, 4) is 34.1 Å². The van der Waals surface area contributed by atoms with E-state index < -0.39 is 96.4 Å². The minimum absolute atomic E-state index is 0.00176. The summed E-state index contributed by atoms with van der Waals surface area (Å²) in [4.78, 5) is 83.3. The van der Waals surface area contributed by atoms with E-state index in [4.69, 9.17) is 38.4 Å². The smallest absolute Gasteiger partial charge is 0.247 e. The van der Waals surface area contributed by atoms with Crippen molar-refractivity contribution in [1.82, 2.24) is 26.6 Å². The molecule has 10 rings (SSSR count). The number of carbonyl (C=O) groups excluding carboxylic acids is 6. The van der Waals surface area contributed by atoms with Crippen molar-refractivity contribution < 1.29 is 68.9 Å². The number of rotatable bonds is 8. The van der Waals surface area contributed by atoms with E-state index in [1.54, 1.807) is 13.0 Å². The number of ether oxygens (including phenoxy) is 2. The summed E-state index contributed by atoms with van der Waals surface area (Å²) in [6, 6.07) is 7.37. The molecule has 4 aliphatic heterocycles. The number of phenolic OH excluding ortho intramolecular Hbond substituents is 1. The van der Waals surface area contributed by atoms with Crippen molar-refractivity contribution in [1.29, 1.82) is 0 Å². The van der Waals surface area contributed by atoms with Crippen LogP contribution in [-0.4, -0.2) is 84.5 Å². The Morgan fingerprint density at radius 1 is 0.896 bits per heavy atom. The van der Waals surface area contributed by atoms with E-state index >= 15 is 0 Å². The third kappa shape index (κ3) is 11.8. The average Bonchev–Trinajstić information content (AvgIpc) is 3.92. The second-order valence-electron chi connectivity index (χ2n) is 19.8. The molecular formula is C55H58Cl2N6O14. The topological polar surface area (TPSA) is 328 Å². The molecule has 22 heteroatoms. The zero-order valence-electron chi connectivity index (χ0n) is 42.0. The molecule has 13 N–H and O–H groups in total. The van der Waals surface area contributed by atoms with Gasteiger partial charge in [-0.1, -0.05) is 80.0 Å². The van der Waals surface area contributed by atoms with Gasteiger partial charge in [-0.15, -0.1) is 0 Å². The van der Waals surface area contributed by atoms with Crippen molar-refractivity contribution in [2.75, 3.05) is 0 Å². The van der Waals surface area contributed by atoms with E-state index in [-0.39, 0.29) is 121 Å². The minimum Gasteiger partial charge on any atom is -0.502 e. The van der Waals surface area contributed by atoms with Gasteiger partial charge in [-0.25, -0.2) is 0 Å². The van der Waals surface area contributed by atoms with Crippen LogP contribution in [-0.2, 0) is 41.1 Å². The summed E-state index contributed by atoms with van der Waals surface area (Å²) in [5.41, 5.74) is 7.36. The van der Waals surface area contributed by atoms with Gasteiger partial charge in [0, 0.05) is 43.4 Å². The number of primary amides is 1. The fourth-order valence-electron chi connectivity index (χ4n) is 9.68. The van der Waals surface area contributed by atoms with Crippen molar-refractivity contribution >= 4 is 58.6 Å². The third-order valence-corrected chi connectivity index (χ3v) is 14.5. The van der Waals surface area contributed by atoms with E-state index in [1.165, 1.54) is 60.7 Å². The van der Waals surface area contributed by atoms with E-state index in [1.807, 2.05) is 13.8 Å². The van der Waals surface area contributed by atoms with Gasteiger partial charge in [0.2, 0.25) is 47.0 Å². The van der Waals surface area contributed by atoms with Crippen LogP contribution < -0.4 is 41.8 Å². The maximum atomic E-state index is 15.0. The summed E-state index contributed by atoms with van der Waals surface area (Å²) in [5.74, 6) is -8.91. The van der Waals surface area contributed by atoms with Crippen LogP contribution >= 0.6 is 23.2 Å². The molecular weight excluding hydrogens is 1040 g/mol. The van der Waals surface area contributed by atoms with Crippen LogP contribution in [0.1, 0.15) is 116 Å². The maximum absolute atomic E-state index is 15.0. The summed E-state index contributed by atoms with van der Waals surface area (Å²) in [5, 5.41) is 81.5. The lowest BCUT2D eigenvalue weighted by Crippen LogP contribution is -2.56. The molecule has 406 valence electrons. The first-order valence-electron chi connectivity index (χ1n) is 24.7. The molecule has 6 amide bonds. The summed E-state index contributed by atoms with van der Waals surface area (Å²) >= 11 is 13.8. The van der Waals surface area contributed by atoms with E-state index in [0.717, 1.165) is 0 Å². The van der Waals surface area contributed by atoms with E-state index in [2.05, 4.69) is 33.2 Å². The average molecular weight is 1100 g/mol. The number of nitrogens with two attached hydrogens (primary N) is 1. The highest BCUT2D eigenvalue weighted by Crippen LogP contribution is 2.50. The van der Waals surface area contributed by atoms with E-state index in [9.17, 15) is 59.4 Å². The highest BCUT2D eigenvalue weighted by molar-refractivity contribution is 6.33. The molecule has 4 aromatic rings. The van der Waals surface area contributed by atoms with Gasteiger partial charge in [-0.2, -0.15) is 0 Å². The minimum atomic E-state index is -2.59. The van der Waals surface area contributed by atoms with Gasteiger partial charge in [0.1, 0.15) is 41.8 Å². The van der Waals surface area contributed by atoms with Gasteiger partial charge in [-0.3, -0.25) is 28.8 Å². The Hall–Kier alpha value is -7.30. The molecule has 5 unspecified atom stereocenters. The molecule has 6 aliphatic rings. The SMILES string of the molecule is C=C1C2=CCC(=C1Cl)Oc1cc3cc(c1O)Oc1c(C)cc(cc1Cl)C(O)C(NC(=O)CCC(C)C)C(=O)NC(CCC(N)=O)C(=O)NC3C(=O)NCc1ccc3c(c1)-c1c(cccc1C3(O)O)C(C(O)O)NC(=O)CC2. The molecule has 5 atom stereocenters. The summed E-state index contributed by atoms with van der Waals surface area (Å²) in [6.45, 7) is 9.15. The first-order valence-corrected chi connectivity index (χ1v) is 25.5. The quantitative estimate of drug-likeness (QED) is 0.108. The van der Waals surface area contributed by atoms with Gasteiger partial charge in [0.25, 0.3) is 0 Å². The predicted molar refractivity (Wildman–Crippen MR) is 279 cm³/mol. The van der Waals surface area contributed by atoms with Crippen LogP contribution in [0.4, 0.5) is 0 Å². The summed E-state index contributed by atoms with van der Waals surface area (Å²) < 4.78 is 12.7. The van der Waals surface area contributed by atoms with Gasteiger partial charge >= 0.3 is 0 Å². The molecule has 4 heterocycles. The zero-order chi connectivity index (χ0) is 55.8. The fourth-order valence-corrected chi connectivity index (χ4v) is 10.2. The van der Waals surface area contributed by atoms with Crippen LogP contribution in [0.25, 0.3) is 11.1 Å². The first-order chi connectivity index (χ1) is 36.4.